The second-order valence-corrected chi connectivity index (χ2v) is 10.2. The zero-order valence-electron chi connectivity index (χ0n) is 20.2. The van der Waals surface area contributed by atoms with Gasteiger partial charge in [0.2, 0.25) is 0 Å². The van der Waals surface area contributed by atoms with Crippen molar-refractivity contribution in [3.05, 3.63) is 62.2 Å². The SMILES string of the molecule is CC[C@@]1(O)C(=O)OCc2c1cc1n(c2=O)Cc2c-1nc1ccc(F)c3c1c2[C@@](C)(COCCO)CC3. The van der Waals surface area contributed by atoms with Crippen molar-refractivity contribution in [1.29, 1.82) is 0 Å². The molecule has 3 aromatic rings. The molecule has 6 rings (SSSR count). The molecule has 1 aromatic carbocycles. The van der Waals surface area contributed by atoms with E-state index < -0.39 is 17.0 Å². The van der Waals surface area contributed by atoms with Gasteiger partial charge in [0, 0.05) is 21.9 Å². The minimum atomic E-state index is -1.90. The quantitative estimate of drug-likeness (QED) is 0.324. The van der Waals surface area contributed by atoms with Gasteiger partial charge in [0.25, 0.3) is 5.56 Å². The van der Waals surface area contributed by atoms with E-state index in [1.807, 2.05) is 0 Å². The number of benzene rings is 1. The summed E-state index contributed by atoms with van der Waals surface area (Å²) in [5.74, 6) is -1.05. The lowest BCUT2D eigenvalue weighted by Crippen LogP contribution is -2.44. The van der Waals surface area contributed by atoms with Crippen molar-refractivity contribution in [2.75, 3.05) is 19.8 Å². The van der Waals surface area contributed by atoms with Gasteiger partial charge in [0.15, 0.2) is 5.60 Å². The highest BCUT2D eigenvalue weighted by molar-refractivity contribution is 5.93. The number of fused-ring (bicyclic) bond motifs is 5. The first-order valence-corrected chi connectivity index (χ1v) is 12.2. The molecule has 0 radical (unpaired) electrons. The van der Waals surface area contributed by atoms with Crippen LogP contribution < -0.4 is 5.56 Å². The lowest BCUT2D eigenvalue weighted by atomic mass is 9.70. The lowest BCUT2D eigenvalue weighted by Gasteiger charge is -2.37. The molecular weight excluding hydrogens is 467 g/mol. The predicted octanol–water partition coefficient (Wildman–Crippen LogP) is 2.43. The molecule has 36 heavy (non-hydrogen) atoms. The topological polar surface area (TPSA) is 111 Å². The van der Waals surface area contributed by atoms with Gasteiger partial charge in [-0.1, -0.05) is 13.8 Å². The average Bonchev–Trinajstić information content (AvgIpc) is 3.23. The first-order chi connectivity index (χ1) is 17.2. The summed E-state index contributed by atoms with van der Waals surface area (Å²) in [5, 5.41) is 21.1. The molecule has 3 aliphatic rings. The van der Waals surface area contributed by atoms with E-state index >= 15 is 0 Å². The maximum absolute atomic E-state index is 14.9. The Hall–Kier alpha value is -3.14. The minimum absolute atomic E-state index is 0.0634. The van der Waals surface area contributed by atoms with E-state index in [9.17, 15) is 24.2 Å². The summed E-state index contributed by atoms with van der Waals surface area (Å²) in [5.41, 5.74) is 1.84. The second-order valence-electron chi connectivity index (χ2n) is 10.2. The number of ether oxygens (including phenoxy) is 2. The molecule has 0 unspecified atom stereocenters. The van der Waals surface area contributed by atoms with Crippen molar-refractivity contribution in [1.82, 2.24) is 9.55 Å². The highest BCUT2D eigenvalue weighted by Gasteiger charge is 2.46. The number of rotatable bonds is 5. The van der Waals surface area contributed by atoms with E-state index in [2.05, 4.69) is 6.92 Å². The maximum atomic E-state index is 14.9. The Morgan fingerprint density at radius 1 is 1.25 bits per heavy atom. The zero-order valence-corrected chi connectivity index (χ0v) is 20.2. The van der Waals surface area contributed by atoms with Crippen LogP contribution in [0.15, 0.2) is 23.0 Å². The Balaban J connectivity index is 1.64. The summed E-state index contributed by atoms with van der Waals surface area (Å²) in [6.07, 6.45) is 1.23. The highest BCUT2D eigenvalue weighted by atomic mass is 19.1. The molecular formula is C27H27FN2O6. The fourth-order valence-electron chi connectivity index (χ4n) is 6.16. The fraction of sp³-hybridized carbons (Fsp3) is 0.444. The predicted molar refractivity (Wildman–Crippen MR) is 128 cm³/mol. The fourth-order valence-corrected chi connectivity index (χ4v) is 6.16. The number of nitrogens with zero attached hydrogens (tertiary/aromatic N) is 2. The minimum Gasteiger partial charge on any atom is -0.458 e. The maximum Gasteiger partial charge on any atom is 0.343 e. The number of hydrogen-bond acceptors (Lipinski definition) is 7. The number of cyclic esters (lactones) is 1. The lowest BCUT2D eigenvalue weighted by molar-refractivity contribution is -0.172. The molecule has 0 spiro atoms. The van der Waals surface area contributed by atoms with Crippen LogP contribution in [0.3, 0.4) is 0 Å². The number of carbonyl (C=O) groups is 1. The number of carbonyl (C=O) groups excluding carboxylic acids is 1. The van der Waals surface area contributed by atoms with Crippen LogP contribution in [-0.4, -0.2) is 45.6 Å². The third-order valence-electron chi connectivity index (χ3n) is 8.09. The molecule has 0 amide bonds. The van der Waals surface area contributed by atoms with Crippen molar-refractivity contribution < 1.29 is 28.9 Å². The Morgan fingerprint density at radius 2 is 2.06 bits per heavy atom. The van der Waals surface area contributed by atoms with E-state index in [4.69, 9.17) is 14.5 Å². The van der Waals surface area contributed by atoms with E-state index in [0.717, 1.165) is 16.5 Å². The summed E-state index contributed by atoms with van der Waals surface area (Å²) in [6, 6.07) is 4.76. The van der Waals surface area contributed by atoms with Crippen molar-refractivity contribution in [2.45, 2.75) is 57.3 Å². The second kappa shape index (κ2) is 7.93. The molecule has 2 aromatic heterocycles. The van der Waals surface area contributed by atoms with Gasteiger partial charge in [-0.15, -0.1) is 0 Å². The van der Waals surface area contributed by atoms with Crippen LogP contribution in [0.5, 0.6) is 0 Å². The normalized spacial score (nSPS) is 23.9. The summed E-state index contributed by atoms with van der Waals surface area (Å²) in [4.78, 5) is 31.0. The van der Waals surface area contributed by atoms with Gasteiger partial charge >= 0.3 is 5.97 Å². The molecule has 0 fully saturated rings. The number of halogens is 1. The van der Waals surface area contributed by atoms with Crippen molar-refractivity contribution >= 4 is 16.9 Å². The molecule has 9 heteroatoms. The van der Waals surface area contributed by atoms with Gasteiger partial charge in [0.05, 0.1) is 48.8 Å². The van der Waals surface area contributed by atoms with E-state index in [0.29, 0.717) is 41.9 Å². The van der Waals surface area contributed by atoms with Gasteiger partial charge in [0.1, 0.15) is 12.4 Å². The van der Waals surface area contributed by atoms with Crippen LogP contribution in [0.4, 0.5) is 4.39 Å². The van der Waals surface area contributed by atoms with Gasteiger partial charge in [-0.2, -0.15) is 0 Å². The third kappa shape index (κ3) is 2.99. The van der Waals surface area contributed by atoms with Gasteiger partial charge < -0.3 is 24.3 Å². The first-order valence-electron chi connectivity index (χ1n) is 12.2. The largest absolute Gasteiger partial charge is 0.458 e. The molecule has 8 nitrogen and oxygen atoms in total. The number of aromatic nitrogens is 2. The molecule has 0 bridgehead atoms. The molecule has 0 saturated heterocycles. The number of aliphatic hydroxyl groups is 2. The first kappa shape index (κ1) is 23.3. The molecule has 2 N–H and O–H groups in total. The van der Waals surface area contributed by atoms with Crippen LogP contribution in [-0.2, 0) is 44.9 Å². The van der Waals surface area contributed by atoms with Gasteiger partial charge in [-0.3, -0.25) is 4.79 Å². The van der Waals surface area contributed by atoms with E-state index in [1.165, 1.54) is 6.07 Å². The molecule has 4 heterocycles. The number of hydrogen-bond donors (Lipinski definition) is 2. The molecule has 1 aliphatic carbocycles. The average molecular weight is 495 g/mol. The molecule has 188 valence electrons. The summed E-state index contributed by atoms with van der Waals surface area (Å²) >= 11 is 0. The zero-order chi connectivity index (χ0) is 25.4. The molecule has 2 atom stereocenters. The number of aliphatic hydroxyl groups excluding tert-OH is 1. The van der Waals surface area contributed by atoms with Crippen LogP contribution in [0, 0.1) is 5.82 Å². The van der Waals surface area contributed by atoms with Crippen molar-refractivity contribution in [3.8, 4) is 11.4 Å². The summed E-state index contributed by atoms with van der Waals surface area (Å²) in [7, 11) is 0. The van der Waals surface area contributed by atoms with Crippen molar-refractivity contribution in [2.24, 2.45) is 0 Å². The standard InChI is InChI=1S/C27H27FN2O6/c1-3-27(34)17-10-20-23-15(11-30(20)24(32)16(17)12-36-25(27)33)22-21-14(18(28)4-5-19(21)29-23)6-7-26(22,2)13-35-9-8-31/h4-5,10,31,34H,3,6-9,11-13H2,1-2H3/t26-,27+/m1/s1. The Kier molecular flexibility index (Phi) is 5.13. The summed E-state index contributed by atoms with van der Waals surface area (Å²) in [6.45, 7) is 4.19. The van der Waals surface area contributed by atoms with Crippen LogP contribution in [0.25, 0.3) is 22.3 Å². The monoisotopic (exact) mass is 494 g/mol. The smallest absolute Gasteiger partial charge is 0.343 e. The van der Waals surface area contributed by atoms with Crippen LogP contribution in [0.2, 0.25) is 0 Å². The third-order valence-corrected chi connectivity index (χ3v) is 8.09. The van der Waals surface area contributed by atoms with Crippen molar-refractivity contribution in [3.63, 3.8) is 0 Å². The number of esters is 1. The summed E-state index contributed by atoms with van der Waals surface area (Å²) < 4.78 is 27.5. The number of aryl methyl sites for hydroxylation is 1. The number of pyridine rings is 2. The highest BCUT2D eigenvalue weighted by Crippen LogP contribution is 2.48. The Labute approximate surface area is 206 Å². The van der Waals surface area contributed by atoms with E-state index in [-0.39, 0.29) is 55.3 Å². The van der Waals surface area contributed by atoms with Crippen LogP contribution in [0.1, 0.15) is 54.5 Å². The Bertz CT molecular complexity index is 1510. The van der Waals surface area contributed by atoms with Crippen LogP contribution >= 0.6 is 0 Å². The molecule has 2 aliphatic heterocycles. The van der Waals surface area contributed by atoms with Gasteiger partial charge in [-0.05, 0) is 48.6 Å². The van der Waals surface area contributed by atoms with E-state index in [1.54, 1.807) is 23.6 Å². The Morgan fingerprint density at radius 3 is 2.81 bits per heavy atom. The van der Waals surface area contributed by atoms with Gasteiger partial charge in [-0.25, -0.2) is 14.2 Å². The molecule has 0 saturated carbocycles.